The summed E-state index contributed by atoms with van der Waals surface area (Å²) in [5, 5.41) is 21.8. The van der Waals surface area contributed by atoms with Gasteiger partial charge in [-0.05, 0) is 12.5 Å². The molecule has 0 saturated heterocycles. The van der Waals surface area contributed by atoms with Gasteiger partial charge >= 0.3 is 11.9 Å². The van der Waals surface area contributed by atoms with Gasteiger partial charge in [-0.3, -0.25) is 28.8 Å². The van der Waals surface area contributed by atoms with Gasteiger partial charge in [-0.15, -0.1) is 11.8 Å². The van der Waals surface area contributed by atoms with Crippen LogP contribution in [0.5, 0.6) is 0 Å². The van der Waals surface area contributed by atoms with Crippen molar-refractivity contribution in [1.29, 1.82) is 0 Å². The van der Waals surface area contributed by atoms with E-state index in [1.807, 2.05) is 0 Å². The average Bonchev–Trinajstić information content (AvgIpc) is 2.91. The molecule has 2 atom stereocenters. The molecule has 11 nitrogen and oxygen atoms in total. The number of carboxylic acid groups (broad SMARTS) is 2. The number of rotatable bonds is 11. The van der Waals surface area contributed by atoms with Gasteiger partial charge in [-0.25, -0.2) is 0 Å². The Bertz CT molecular complexity index is 691. The Hall–Kier alpha value is -2.73. The number of nitrogens with one attached hydrogen (secondary N) is 2. The van der Waals surface area contributed by atoms with Crippen molar-refractivity contribution in [2.24, 2.45) is 5.73 Å². The van der Waals surface area contributed by atoms with Crippen LogP contribution in [0.3, 0.4) is 0 Å². The van der Waals surface area contributed by atoms with Crippen LogP contribution in [0.25, 0.3) is 0 Å². The van der Waals surface area contributed by atoms with Crippen molar-refractivity contribution in [3.8, 4) is 0 Å². The van der Waals surface area contributed by atoms with Crippen molar-refractivity contribution in [3.05, 3.63) is 11.0 Å². The van der Waals surface area contributed by atoms with Crippen molar-refractivity contribution in [2.75, 3.05) is 12.3 Å². The Balaban J connectivity index is 2.68. The van der Waals surface area contributed by atoms with Crippen LogP contribution in [0.15, 0.2) is 11.0 Å². The van der Waals surface area contributed by atoms with Crippen molar-refractivity contribution in [3.63, 3.8) is 0 Å². The summed E-state index contributed by atoms with van der Waals surface area (Å²) in [5.41, 5.74) is 5.30. The lowest BCUT2D eigenvalue weighted by Gasteiger charge is -2.18. The average molecular weight is 401 g/mol. The highest BCUT2D eigenvalue weighted by molar-refractivity contribution is 8.04. The number of thioether (sulfide) groups is 1. The minimum Gasteiger partial charge on any atom is -0.480 e. The first-order valence-electron chi connectivity index (χ1n) is 7.78. The molecule has 0 bridgehead atoms. The van der Waals surface area contributed by atoms with Crippen molar-refractivity contribution in [2.45, 2.75) is 31.3 Å². The minimum atomic E-state index is -1.28. The van der Waals surface area contributed by atoms with E-state index in [4.69, 9.17) is 15.9 Å². The predicted molar refractivity (Wildman–Crippen MR) is 92.6 cm³/mol. The third-order valence-corrected chi connectivity index (χ3v) is 4.53. The molecule has 0 saturated carbocycles. The van der Waals surface area contributed by atoms with E-state index in [2.05, 4.69) is 10.6 Å². The summed E-state index contributed by atoms with van der Waals surface area (Å²) < 4.78 is 0. The van der Waals surface area contributed by atoms with Crippen LogP contribution in [0.2, 0.25) is 0 Å². The third-order valence-electron chi connectivity index (χ3n) is 3.37. The second-order valence-electron chi connectivity index (χ2n) is 5.60. The molecule has 0 aromatic rings. The zero-order valence-electron chi connectivity index (χ0n) is 14.1. The molecular formula is C15H19N3O8S. The molecule has 0 heterocycles. The number of allylic oxidation sites excluding steroid dienone is 2. The van der Waals surface area contributed by atoms with E-state index in [9.17, 15) is 28.8 Å². The lowest BCUT2D eigenvalue weighted by atomic mass is 10.1. The number of hydrogen-bond acceptors (Lipinski definition) is 8. The summed E-state index contributed by atoms with van der Waals surface area (Å²) in [4.78, 5) is 68.2. The Morgan fingerprint density at radius 3 is 2.41 bits per heavy atom. The van der Waals surface area contributed by atoms with E-state index in [1.165, 1.54) is 0 Å². The second kappa shape index (κ2) is 10.4. The Morgan fingerprint density at radius 1 is 1.22 bits per heavy atom. The van der Waals surface area contributed by atoms with Gasteiger partial charge in [-0.1, -0.05) is 0 Å². The molecule has 0 unspecified atom stereocenters. The van der Waals surface area contributed by atoms with E-state index in [0.717, 1.165) is 17.8 Å². The van der Waals surface area contributed by atoms with Crippen molar-refractivity contribution in [1.82, 2.24) is 10.6 Å². The molecule has 148 valence electrons. The Labute approximate surface area is 157 Å². The van der Waals surface area contributed by atoms with Gasteiger partial charge in [0.15, 0.2) is 11.6 Å². The first-order valence-corrected chi connectivity index (χ1v) is 8.76. The number of carbonyl (C=O) groups is 6. The van der Waals surface area contributed by atoms with Crippen molar-refractivity contribution >= 4 is 47.1 Å². The molecule has 1 aliphatic carbocycles. The van der Waals surface area contributed by atoms with E-state index in [-0.39, 0.29) is 35.7 Å². The van der Waals surface area contributed by atoms with Crippen LogP contribution in [0, 0.1) is 0 Å². The van der Waals surface area contributed by atoms with Gasteiger partial charge in [0.25, 0.3) is 0 Å². The highest BCUT2D eigenvalue weighted by Gasteiger charge is 2.27. The molecular weight excluding hydrogens is 382 g/mol. The van der Waals surface area contributed by atoms with Gasteiger partial charge in [0.05, 0.1) is 11.3 Å². The SMILES string of the molecule is N[C@@H](CCC(=O)N[C@@H](CSC1=CC(=O)CC1=O)C(=O)NCC(=O)O)C(=O)O. The number of carboxylic acids is 2. The second-order valence-corrected chi connectivity index (χ2v) is 6.66. The molecule has 27 heavy (non-hydrogen) atoms. The maximum absolute atomic E-state index is 12.1. The van der Waals surface area contributed by atoms with Crippen LogP contribution in [0.4, 0.5) is 0 Å². The van der Waals surface area contributed by atoms with Gasteiger partial charge < -0.3 is 26.6 Å². The van der Waals surface area contributed by atoms with E-state index >= 15 is 0 Å². The normalized spacial score (nSPS) is 15.7. The number of hydrogen-bond donors (Lipinski definition) is 5. The summed E-state index contributed by atoms with van der Waals surface area (Å²) in [6.07, 6.45) is 0.474. The van der Waals surface area contributed by atoms with E-state index < -0.39 is 48.2 Å². The Morgan fingerprint density at radius 2 is 1.89 bits per heavy atom. The maximum atomic E-state index is 12.1. The first kappa shape index (κ1) is 22.3. The van der Waals surface area contributed by atoms with Gasteiger partial charge in [0, 0.05) is 12.2 Å². The molecule has 2 amide bonds. The Kier molecular flexibility index (Phi) is 8.62. The van der Waals surface area contributed by atoms with E-state index in [0.29, 0.717) is 0 Å². The van der Waals surface area contributed by atoms with Crippen LogP contribution >= 0.6 is 11.8 Å². The summed E-state index contributed by atoms with van der Waals surface area (Å²) in [5.74, 6) is -4.89. The minimum absolute atomic E-state index is 0.118. The quantitative estimate of drug-likeness (QED) is 0.242. The highest BCUT2D eigenvalue weighted by Crippen LogP contribution is 2.24. The number of carbonyl (C=O) groups excluding carboxylic acids is 4. The molecule has 0 radical (unpaired) electrons. The fraction of sp³-hybridized carbons (Fsp3) is 0.467. The topological polar surface area (TPSA) is 193 Å². The highest BCUT2D eigenvalue weighted by atomic mass is 32.2. The number of amides is 2. The number of ketones is 2. The van der Waals surface area contributed by atoms with Gasteiger partial charge in [0.2, 0.25) is 11.8 Å². The third kappa shape index (κ3) is 8.00. The van der Waals surface area contributed by atoms with Gasteiger partial charge in [-0.2, -0.15) is 0 Å². The molecule has 0 aromatic carbocycles. The van der Waals surface area contributed by atoms with Crippen LogP contribution in [-0.2, 0) is 28.8 Å². The van der Waals surface area contributed by atoms with Gasteiger partial charge in [0.1, 0.15) is 18.6 Å². The molecule has 0 fully saturated rings. The van der Waals surface area contributed by atoms with Crippen LogP contribution in [-0.4, -0.2) is 69.9 Å². The summed E-state index contributed by atoms with van der Waals surface area (Å²) in [6, 6.07) is -2.43. The predicted octanol–water partition coefficient (Wildman–Crippen LogP) is -1.98. The lowest BCUT2D eigenvalue weighted by molar-refractivity contribution is -0.139. The molecule has 0 spiro atoms. The molecule has 1 rings (SSSR count). The fourth-order valence-corrected chi connectivity index (χ4v) is 2.99. The first-order chi connectivity index (χ1) is 12.6. The molecule has 6 N–H and O–H groups in total. The molecule has 1 aliphatic rings. The largest absolute Gasteiger partial charge is 0.480 e. The summed E-state index contributed by atoms with van der Waals surface area (Å²) in [6.45, 7) is -0.667. The summed E-state index contributed by atoms with van der Waals surface area (Å²) >= 11 is 0.887. The van der Waals surface area contributed by atoms with Crippen LogP contribution < -0.4 is 16.4 Å². The molecule has 0 aliphatic heterocycles. The van der Waals surface area contributed by atoms with Crippen LogP contribution in [0.1, 0.15) is 19.3 Å². The zero-order valence-corrected chi connectivity index (χ0v) is 14.9. The molecule has 12 heteroatoms. The smallest absolute Gasteiger partial charge is 0.322 e. The summed E-state index contributed by atoms with van der Waals surface area (Å²) in [7, 11) is 0. The number of Topliss-reactive ketones (excluding diaryl/α,β-unsaturated/α-hetero) is 1. The lowest BCUT2D eigenvalue weighted by Crippen LogP contribution is -2.49. The van der Waals surface area contributed by atoms with E-state index in [1.54, 1.807) is 0 Å². The zero-order chi connectivity index (χ0) is 20.6. The fourth-order valence-electron chi connectivity index (χ4n) is 1.96. The maximum Gasteiger partial charge on any atom is 0.322 e. The monoisotopic (exact) mass is 401 g/mol. The standard InChI is InChI=1S/C15H19N3O8S/c16-8(15(25)26)1-2-12(21)18-9(14(24)17-5-13(22)23)6-27-11-4-7(19)3-10(11)20/h4,8-9H,1-3,5-6,16H2,(H,17,24)(H,18,21)(H,22,23)(H,25,26)/t8-,9-/m0/s1. The number of nitrogens with two attached hydrogens (primary N) is 1. The van der Waals surface area contributed by atoms with Crippen molar-refractivity contribution < 1.29 is 39.0 Å². The number of aliphatic carboxylic acids is 2. The molecule has 0 aromatic heterocycles.